The van der Waals surface area contributed by atoms with E-state index in [4.69, 9.17) is 5.73 Å². The van der Waals surface area contributed by atoms with Gasteiger partial charge in [0, 0.05) is 17.9 Å². The fourth-order valence-electron chi connectivity index (χ4n) is 6.12. The normalized spacial score (nSPS) is 29.3. The van der Waals surface area contributed by atoms with Crippen molar-refractivity contribution in [3.8, 4) is 16.9 Å². The molecule has 1 amide bonds. The zero-order valence-electron chi connectivity index (χ0n) is 19.3. The second kappa shape index (κ2) is 8.03. The van der Waals surface area contributed by atoms with Gasteiger partial charge < -0.3 is 15.9 Å². The molecular formula is C27H23NO8. The second-order valence-electron chi connectivity index (χ2n) is 9.86. The van der Waals surface area contributed by atoms with Crippen LogP contribution >= 0.6 is 0 Å². The number of hydrogen-bond acceptors (Lipinski definition) is 8. The van der Waals surface area contributed by atoms with Crippen LogP contribution in [-0.2, 0) is 25.6 Å². The first-order valence-electron chi connectivity index (χ1n) is 11.6. The van der Waals surface area contributed by atoms with Gasteiger partial charge in [0.15, 0.2) is 40.4 Å². The van der Waals surface area contributed by atoms with E-state index in [0.717, 1.165) is 0 Å². The molecule has 2 saturated carbocycles. The van der Waals surface area contributed by atoms with Crippen LogP contribution in [0.25, 0.3) is 11.1 Å². The maximum Gasteiger partial charge on any atom is 0.235 e. The number of aromatic hydroxyl groups is 1. The van der Waals surface area contributed by atoms with Crippen molar-refractivity contribution in [3.63, 3.8) is 0 Å². The number of rotatable bonds is 3. The summed E-state index contributed by atoms with van der Waals surface area (Å²) in [6.45, 7) is 1.45. The summed E-state index contributed by atoms with van der Waals surface area (Å²) >= 11 is 0. The highest BCUT2D eigenvalue weighted by Crippen LogP contribution is 2.51. The lowest BCUT2D eigenvalue weighted by Crippen LogP contribution is -2.68. The summed E-state index contributed by atoms with van der Waals surface area (Å²) in [6.07, 6.45) is -0.172. The number of amides is 1. The van der Waals surface area contributed by atoms with E-state index in [0.29, 0.717) is 22.3 Å². The molecule has 184 valence electrons. The van der Waals surface area contributed by atoms with Crippen LogP contribution in [0, 0.1) is 23.7 Å². The summed E-state index contributed by atoms with van der Waals surface area (Å²) in [4.78, 5) is 75.9. The van der Waals surface area contributed by atoms with Gasteiger partial charge in [-0.05, 0) is 48.4 Å². The van der Waals surface area contributed by atoms with E-state index in [-0.39, 0.29) is 36.4 Å². The van der Waals surface area contributed by atoms with Gasteiger partial charge in [0.05, 0.1) is 11.5 Å². The highest BCUT2D eigenvalue weighted by molar-refractivity contribution is 6.31. The molecule has 9 nitrogen and oxygen atoms in total. The van der Waals surface area contributed by atoms with E-state index in [9.17, 15) is 39.0 Å². The van der Waals surface area contributed by atoms with Crippen molar-refractivity contribution in [2.45, 2.75) is 31.8 Å². The van der Waals surface area contributed by atoms with Crippen LogP contribution in [-0.4, -0.2) is 50.6 Å². The van der Waals surface area contributed by atoms with Crippen LogP contribution in [0.15, 0.2) is 36.4 Å². The van der Waals surface area contributed by atoms with Crippen molar-refractivity contribution in [2.75, 3.05) is 0 Å². The van der Waals surface area contributed by atoms with Gasteiger partial charge in [-0.2, -0.15) is 0 Å². The fourth-order valence-corrected chi connectivity index (χ4v) is 6.12. The smallest absolute Gasteiger partial charge is 0.235 e. The summed E-state index contributed by atoms with van der Waals surface area (Å²) in [5.41, 5.74) is 4.83. The number of fused-ring (bicyclic) bond motifs is 3. The fraction of sp³-hybridized carbons (Fsp3) is 0.333. The molecule has 0 spiro atoms. The second-order valence-corrected chi connectivity index (χ2v) is 9.86. The Balaban J connectivity index is 1.59. The highest BCUT2D eigenvalue weighted by Gasteiger charge is 2.66. The minimum atomic E-state index is -2.67. The third-order valence-electron chi connectivity index (χ3n) is 7.89. The molecule has 0 bridgehead atoms. The van der Waals surface area contributed by atoms with Crippen LogP contribution in [0.3, 0.4) is 0 Å². The predicted molar refractivity (Wildman–Crippen MR) is 124 cm³/mol. The van der Waals surface area contributed by atoms with E-state index >= 15 is 0 Å². The van der Waals surface area contributed by atoms with Gasteiger partial charge in [-0.15, -0.1) is 0 Å². The number of phenolic OH excluding ortho intramolecular Hbond substituents is 1. The molecule has 36 heavy (non-hydrogen) atoms. The van der Waals surface area contributed by atoms with Gasteiger partial charge in [0.1, 0.15) is 5.75 Å². The van der Waals surface area contributed by atoms with Gasteiger partial charge >= 0.3 is 0 Å². The van der Waals surface area contributed by atoms with Crippen molar-refractivity contribution in [1.29, 1.82) is 0 Å². The van der Waals surface area contributed by atoms with Gasteiger partial charge in [-0.25, -0.2) is 0 Å². The number of aliphatic hydroxyl groups is 1. The van der Waals surface area contributed by atoms with E-state index in [1.807, 2.05) is 0 Å². The van der Waals surface area contributed by atoms with E-state index in [1.54, 1.807) is 30.3 Å². The minimum Gasteiger partial charge on any atom is -0.507 e. The molecule has 3 aliphatic carbocycles. The molecular weight excluding hydrogens is 466 g/mol. The lowest BCUT2D eigenvalue weighted by molar-refractivity contribution is -0.175. The first kappa shape index (κ1) is 23.7. The molecule has 0 aliphatic heterocycles. The summed E-state index contributed by atoms with van der Waals surface area (Å²) in [5, 5.41) is 21.8. The van der Waals surface area contributed by atoms with E-state index in [2.05, 4.69) is 0 Å². The van der Waals surface area contributed by atoms with E-state index < -0.39 is 58.3 Å². The molecule has 2 aromatic rings. The zero-order valence-corrected chi connectivity index (χ0v) is 19.3. The molecule has 2 unspecified atom stereocenters. The van der Waals surface area contributed by atoms with Crippen molar-refractivity contribution in [2.24, 2.45) is 29.4 Å². The van der Waals surface area contributed by atoms with Gasteiger partial charge in [0.2, 0.25) is 5.91 Å². The van der Waals surface area contributed by atoms with Crippen LogP contribution in [0.2, 0.25) is 0 Å². The van der Waals surface area contributed by atoms with Crippen LogP contribution < -0.4 is 5.73 Å². The minimum absolute atomic E-state index is 0.0272. The Bertz CT molecular complexity index is 1390. The monoisotopic (exact) mass is 489 g/mol. The molecule has 4 N–H and O–H groups in total. The third kappa shape index (κ3) is 3.19. The number of phenols is 1. The molecule has 2 aromatic carbocycles. The predicted octanol–water partition coefficient (Wildman–Crippen LogP) is 1.20. The average Bonchev–Trinajstić information content (AvgIpc) is 2.81. The topological polar surface area (TPSA) is 169 Å². The standard InChI is InChI=1S/C27H23NO8/c1-11(29)12-2-4-13(5-3-12)16-6-7-18(30)21-17(16)9-14-8-15-10-19(31)22(26(28)35)25(34)27(15,36)24(33)20(14)23(21)32/h2-7,14-15,20,22,30,36H,8-10H2,1H3,(H2,28,35)/t14-,15+,20?,22?,27+/m1/s1. The summed E-state index contributed by atoms with van der Waals surface area (Å²) in [5.74, 6) is -10.5. The summed E-state index contributed by atoms with van der Waals surface area (Å²) in [6, 6.07) is 9.76. The van der Waals surface area contributed by atoms with Crippen LogP contribution in [0.5, 0.6) is 5.75 Å². The van der Waals surface area contributed by atoms with Crippen molar-refractivity contribution >= 4 is 34.8 Å². The number of hydrogen-bond donors (Lipinski definition) is 3. The van der Waals surface area contributed by atoms with Crippen LogP contribution in [0.4, 0.5) is 0 Å². The van der Waals surface area contributed by atoms with Crippen molar-refractivity contribution in [3.05, 3.63) is 53.1 Å². The van der Waals surface area contributed by atoms with Crippen molar-refractivity contribution in [1.82, 2.24) is 0 Å². The van der Waals surface area contributed by atoms with Crippen molar-refractivity contribution < 1.29 is 39.0 Å². The maximum absolute atomic E-state index is 13.6. The van der Waals surface area contributed by atoms with E-state index in [1.165, 1.54) is 13.0 Å². The zero-order chi connectivity index (χ0) is 26.1. The average molecular weight is 489 g/mol. The number of carbonyl (C=O) groups is 6. The summed E-state index contributed by atoms with van der Waals surface area (Å²) < 4.78 is 0. The molecule has 5 atom stereocenters. The number of ketones is 5. The van der Waals surface area contributed by atoms with Gasteiger partial charge in [-0.3, -0.25) is 28.8 Å². The molecule has 9 heteroatoms. The first-order valence-corrected chi connectivity index (χ1v) is 11.6. The van der Waals surface area contributed by atoms with Gasteiger partial charge in [-0.1, -0.05) is 30.3 Å². The quantitative estimate of drug-likeness (QED) is 0.427. The highest BCUT2D eigenvalue weighted by atomic mass is 16.3. The number of nitrogens with two attached hydrogens (primary N) is 1. The summed E-state index contributed by atoms with van der Waals surface area (Å²) in [7, 11) is 0. The first-order chi connectivity index (χ1) is 17.0. The Labute approximate surface area is 205 Å². The Morgan fingerprint density at radius 1 is 0.972 bits per heavy atom. The largest absolute Gasteiger partial charge is 0.507 e. The maximum atomic E-state index is 13.6. The molecule has 5 rings (SSSR count). The molecule has 0 saturated heterocycles. The third-order valence-corrected chi connectivity index (χ3v) is 7.89. The molecule has 2 fully saturated rings. The number of carbonyl (C=O) groups excluding carboxylic acids is 6. The lowest BCUT2D eigenvalue weighted by atomic mass is 9.53. The molecule has 3 aliphatic rings. The molecule has 0 heterocycles. The molecule has 0 radical (unpaired) electrons. The molecule has 0 aromatic heterocycles. The Hall–Kier alpha value is -3.98. The van der Waals surface area contributed by atoms with Gasteiger partial charge in [0.25, 0.3) is 0 Å². The Morgan fingerprint density at radius 3 is 2.25 bits per heavy atom. The number of primary amides is 1. The lowest BCUT2D eigenvalue weighted by Gasteiger charge is -2.48. The Kier molecular flexibility index (Phi) is 5.29. The Morgan fingerprint density at radius 2 is 1.64 bits per heavy atom. The SMILES string of the molecule is CC(=O)c1ccc(-c2ccc(O)c3c2C[C@H]2C[C@H]4CC(=O)C(C(N)=O)C(=O)[C@@]4(O)C(=O)C2C3=O)cc1. The number of Topliss-reactive ketones (excluding diaryl/α,β-unsaturated/α-hetero) is 5. The van der Waals surface area contributed by atoms with Crippen LogP contribution in [0.1, 0.15) is 46.0 Å². The number of benzene rings is 2.